The van der Waals surface area contributed by atoms with E-state index >= 15 is 0 Å². The van der Waals surface area contributed by atoms with Crippen LogP contribution in [0.1, 0.15) is 83.4 Å². The molecule has 2 rings (SSSR count). The van der Waals surface area contributed by atoms with Crippen LogP contribution in [0.25, 0.3) is 0 Å². The molecule has 0 spiro atoms. The Bertz CT molecular complexity index is 603. The Balaban J connectivity index is 2.32. The monoisotopic (exact) mass is 324 g/mol. The van der Waals surface area contributed by atoms with E-state index in [-0.39, 0.29) is 0 Å². The van der Waals surface area contributed by atoms with Crippen molar-refractivity contribution < 1.29 is 0 Å². The zero-order valence-electron chi connectivity index (χ0n) is 16.7. The van der Waals surface area contributed by atoms with Gasteiger partial charge in [0.1, 0.15) is 0 Å². The van der Waals surface area contributed by atoms with Gasteiger partial charge in [-0.05, 0) is 73.0 Å². The summed E-state index contributed by atoms with van der Waals surface area (Å²) in [6.07, 6.45) is 14.1. The smallest absolute Gasteiger partial charge is 0.00149 e. The van der Waals surface area contributed by atoms with Crippen molar-refractivity contribution in [2.24, 2.45) is 5.41 Å². The lowest BCUT2D eigenvalue weighted by molar-refractivity contribution is 0.385. The Morgan fingerprint density at radius 3 is 2.21 bits per heavy atom. The molecule has 0 heterocycles. The Kier molecular flexibility index (Phi) is 6.12. The van der Waals surface area contributed by atoms with Gasteiger partial charge >= 0.3 is 0 Å². The number of allylic oxidation sites excluding steroid dienone is 4. The summed E-state index contributed by atoms with van der Waals surface area (Å²) in [5, 5.41) is 0. The third kappa shape index (κ3) is 4.62. The number of aryl methyl sites for hydroxylation is 1. The van der Waals surface area contributed by atoms with Gasteiger partial charge in [-0.3, -0.25) is 0 Å². The van der Waals surface area contributed by atoms with Crippen molar-refractivity contribution in [3.8, 4) is 0 Å². The second-order valence-corrected chi connectivity index (χ2v) is 8.83. The summed E-state index contributed by atoms with van der Waals surface area (Å²) in [5.41, 5.74) is 6.77. The molecule has 1 aliphatic rings. The highest BCUT2D eigenvalue weighted by molar-refractivity contribution is 5.37. The van der Waals surface area contributed by atoms with Gasteiger partial charge in [0, 0.05) is 0 Å². The van der Waals surface area contributed by atoms with Crippen LogP contribution in [0.4, 0.5) is 0 Å². The quantitative estimate of drug-likeness (QED) is 0.514. The summed E-state index contributed by atoms with van der Waals surface area (Å²) in [4.78, 5) is 0. The Morgan fingerprint density at radius 1 is 1.00 bits per heavy atom. The van der Waals surface area contributed by atoms with Crippen LogP contribution in [0.15, 0.2) is 42.0 Å². The molecule has 132 valence electrons. The molecular formula is C24H36. The molecule has 0 saturated carbocycles. The van der Waals surface area contributed by atoms with Crippen LogP contribution >= 0.6 is 0 Å². The van der Waals surface area contributed by atoms with E-state index in [1.807, 2.05) is 0 Å². The highest BCUT2D eigenvalue weighted by Gasteiger charge is 2.30. The average molecular weight is 325 g/mol. The van der Waals surface area contributed by atoms with Crippen LogP contribution < -0.4 is 0 Å². The van der Waals surface area contributed by atoms with E-state index in [2.05, 4.69) is 78.0 Å². The van der Waals surface area contributed by atoms with Gasteiger partial charge in [-0.2, -0.15) is 0 Å². The normalized spacial score (nSPS) is 15.5. The highest BCUT2D eigenvalue weighted by atomic mass is 14.3. The fraction of sp³-hybridized carbons (Fsp3) is 0.583. The molecule has 0 unspecified atom stereocenters. The minimum atomic E-state index is 0.294. The Hall–Kier alpha value is -1.30. The molecule has 0 aromatic heterocycles. The molecule has 0 bridgehead atoms. The van der Waals surface area contributed by atoms with Gasteiger partial charge in [0.25, 0.3) is 0 Å². The standard InChI is InChI=1S/C24H36/c1-7-24(8-2,17-20-12-10-9-11-13-20)22-15-14-21(19(3)16-22)18-23(4,5)6/h9-10,12,14-16H,7-8,11,13,17-18H2,1-6H3. The van der Waals surface area contributed by atoms with Crippen molar-refractivity contribution in [1.82, 2.24) is 0 Å². The number of hydrogen-bond donors (Lipinski definition) is 0. The first-order chi connectivity index (χ1) is 11.3. The van der Waals surface area contributed by atoms with E-state index in [0.29, 0.717) is 10.8 Å². The molecule has 0 radical (unpaired) electrons. The summed E-state index contributed by atoms with van der Waals surface area (Å²) < 4.78 is 0. The summed E-state index contributed by atoms with van der Waals surface area (Å²) >= 11 is 0. The maximum absolute atomic E-state index is 2.48. The molecule has 1 aliphatic carbocycles. The number of hydrogen-bond acceptors (Lipinski definition) is 0. The van der Waals surface area contributed by atoms with Gasteiger partial charge in [-0.25, -0.2) is 0 Å². The zero-order chi connectivity index (χ0) is 17.8. The van der Waals surface area contributed by atoms with Crippen molar-refractivity contribution in [2.45, 2.75) is 85.5 Å². The number of rotatable bonds is 6. The van der Waals surface area contributed by atoms with E-state index in [4.69, 9.17) is 0 Å². The molecule has 0 saturated heterocycles. The molecule has 0 heteroatoms. The number of benzene rings is 1. The lowest BCUT2D eigenvalue weighted by atomic mass is 9.70. The van der Waals surface area contributed by atoms with Gasteiger partial charge < -0.3 is 0 Å². The van der Waals surface area contributed by atoms with Gasteiger partial charge in [-0.1, -0.05) is 76.6 Å². The van der Waals surface area contributed by atoms with Crippen molar-refractivity contribution in [1.29, 1.82) is 0 Å². The van der Waals surface area contributed by atoms with E-state index in [1.54, 1.807) is 5.57 Å². The van der Waals surface area contributed by atoms with Crippen LogP contribution in [-0.2, 0) is 11.8 Å². The second kappa shape index (κ2) is 7.72. The SMILES string of the molecule is CCC(CC)(CC1=CC=CCC1)c1ccc(CC(C)(C)C)c(C)c1. The zero-order valence-corrected chi connectivity index (χ0v) is 16.7. The van der Waals surface area contributed by atoms with E-state index in [0.717, 1.165) is 6.42 Å². The Morgan fingerprint density at radius 2 is 1.71 bits per heavy atom. The Labute approximate surface area is 150 Å². The molecule has 0 nitrogen and oxygen atoms in total. The molecular weight excluding hydrogens is 288 g/mol. The first-order valence-electron chi connectivity index (χ1n) is 9.74. The first kappa shape index (κ1) is 19.0. The largest absolute Gasteiger partial charge is 0.0842 e. The second-order valence-electron chi connectivity index (χ2n) is 8.83. The van der Waals surface area contributed by atoms with Crippen molar-refractivity contribution in [3.05, 3.63) is 58.7 Å². The maximum Gasteiger partial charge on any atom is -0.00149 e. The van der Waals surface area contributed by atoms with Crippen molar-refractivity contribution in [3.63, 3.8) is 0 Å². The third-order valence-electron chi connectivity index (χ3n) is 5.69. The summed E-state index contributed by atoms with van der Waals surface area (Å²) in [7, 11) is 0. The molecule has 0 aliphatic heterocycles. The molecule has 24 heavy (non-hydrogen) atoms. The van der Waals surface area contributed by atoms with Gasteiger partial charge in [0.15, 0.2) is 0 Å². The van der Waals surface area contributed by atoms with Crippen LogP contribution in [-0.4, -0.2) is 0 Å². The van der Waals surface area contributed by atoms with E-state index in [1.165, 1.54) is 48.8 Å². The molecule has 0 fully saturated rings. The van der Waals surface area contributed by atoms with Crippen LogP contribution in [0.3, 0.4) is 0 Å². The lowest BCUT2D eigenvalue weighted by Gasteiger charge is -2.35. The molecule has 0 amide bonds. The average Bonchev–Trinajstić information content (AvgIpc) is 2.54. The summed E-state index contributed by atoms with van der Waals surface area (Å²) in [6.45, 7) is 14.0. The van der Waals surface area contributed by atoms with Crippen LogP contribution in [0.2, 0.25) is 0 Å². The van der Waals surface area contributed by atoms with Crippen molar-refractivity contribution >= 4 is 0 Å². The van der Waals surface area contributed by atoms with Gasteiger partial charge in [0.05, 0.1) is 0 Å². The van der Waals surface area contributed by atoms with Crippen LogP contribution in [0, 0.1) is 12.3 Å². The minimum Gasteiger partial charge on any atom is -0.0842 e. The molecule has 1 aromatic carbocycles. The van der Waals surface area contributed by atoms with Gasteiger partial charge in [0.2, 0.25) is 0 Å². The fourth-order valence-corrected chi connectivity index (χ4v) is 4.04. The van der Waals surface area contributed by atoms with Crippen LogP contribution in [0.5, 0.6) is 0 Å². The first-order valence-corrected chi connectivity index (χ1v) is 9.74. The topological polar surface area (TPSA) is 0 Å². The fourth-order valence-electron chi connectivity index (χ4n) is 4.04. The summed E-state index contributed by atoms with van der Waals surface area (Å²) in [6, 6.07) is 7.29. The highest BCUT2D eigenvalue weighted by Crippen LogP contribution is 2.40. The lowest BCUT2D eigenvalue weighted by Crippen LogP contribution is -2.26. The molecule has 0 atom stereocenters. The minimum absolute atomic E-state index is 0.294. The van der Waals surface area contributed by atoms with E-state index < -0.39 is 0 Å². The maximum atomic E-state index is 2.48. The third-order valence-corrected chi connectivity index (χ3v) is 5.69. The van der Waals surface area contributed by atoms with Crippen molar-refractivity contribution in [2.75, 3.05) is 0 Å². The van der Waals surface area contributed by atoms with E-state index in [9.17, 15) is 0 Å². The predicted molar refractivity (Wildman–Crippen MR) is 108 cm³/mol. The predicted octanol–water partition coefficient (Wildman–Crippen LogP) is 7.31. The van der Waals surface area contributed by atoms with Gasteiger partial charge in [-0.15, -0.1) is 0 Å². The summed E-state index contributed by atoms with van der Waals surface area (Å²) in [5.74, 6) is 0. The molecule has 1 aromatic rings. The molecule has 0 N–H and O–H groups in total.